The zero-order valence-corrected chi connectivity index (χ0v) is 11.5. The van der Waals surface area contributed by atoms with E-state index < -0.39 is 11.9 Å². The maximum absolute atomic E-state index is 13.3. The van der Waals surface area contributed by atoms with E-state index in [0.717, 1.165) is 25.8 Å². The van der Waals surface area contributed by atoms with Crippen molar-refractivity contribution in [2.75, 3.05) is 26.3 Å². The topological polar surface area (TPSA) is 61.7 Å². The molecule has 1 fully saturated rings. The maximum Gasteiger partial charge on any atom is 0.165 e. The standard InChI is InChI=1S/C15H22FNO3/c16-13-3-1-2-4-14(13)20-10-12(19)9-17-11-15(5-6-15)7-8-18/h1-4,12,17-19H,5-11H2. The van der Waals surface area contributed by atoms with E-state index in [1.807, 2.05) is 0 Å². The van der Waals surface area contributed by atoms with Gasteiger partial charge in [-0.15, -0.1) is 0 Å². The predicted molar refractivity (Wildman–Crippen MR) is 74.1 cm³/mol. The molecule has 0 aromatic heterocycles. The molecule has 1 saturated carbocycles. The van der Waals surface area contributed by atoms with Crippen LogP contribution in [-0.2, 0) is 0 Å². The van der Waals surface area contributed by atoms with Gasteiger partial charge in [0, 0.05) is 19.7 Å². The Kier molecular flexibility index (Phi) is 5.34. The molecular formula is C15H22FNO3. The van der Waals surface area contributed by atoms with Gasteiger partial charge in [0.2, 0.25) is 0 Å². The highest BCUT2D eigenvalue weighted by atomic mass is 19.1. The minimum atomic E-state index is -0.681. The average Bonchev–Trinajstić information content (AvgIpc) is 3.18. The molecule has 1 aliphatic rings. The van der Waals surface area contributed by atoms with Crippen molar-refractivity contribution in [2.45, 2.75) is 25.4 Å². The van der Waals surface area contributed by atoms with E-state index in [1.54, 1.807) is 12.1 Å². The van der Waals surface area contributed by atoms with Crippen LogP contribution in [0, 0.1) is 11.2 Å². The minimum Gasteiger partial charge on any atom is -0.488 e. The van der Waals surface area contributed by atoms with Crippen molar-refractivity contribution in [3.05, 3.63) is 30.1 Å². The summed E-state index contributed by atoms with van der Waals surface area (Å²) in [5, 5.41) is 21.9. The van der Waals surface area contributed by atoms with Gasteiger partial charge >= 0.3 is 0 Å². The van der Waals surface area contributed by atoms with E-state index in [4.69, 9.17) is 9.84 Å². The van der Waals surface area contributed by atoms with Gasteiger partial charge in [-0.2, -0.15) is 0 Å². The van der Waals surface area contributed by atoms with Gasteiger partial charge in [0.1, 0.15) is 12.7 Å². The highest BCUT2D eigenvalue weighted by Crippen LogP contribution is 2.47. The Morgan fingerprint density at radius 2 is 2.10 bits per heavy atom. The van der Waals surface area contributed by atoms with E-state index in [1.165, 1.54) is 12.1 Å². The molecule has 1 aromatic rings. The first-order chi connectivity index (χ1) is 9.65. The first-order valence-electron chi connectivity index (χ1n) is 7.02. The molecule has 0 heterocycles. The molecule has 1 aromatic carbocycles. The Labute approximate surface area is 118 Å². The lowest BCUT2D eigenvalue weighted by molar-refractivity contribution is 0.102. The first-order valence-corrected chi connectivity index (χ1v) is 7.02. The predicted octanol–water partition coefficient (Wildman–Crippen LogP) is 1.32. The van der Waals surface area contributed by atoms with Crippen molar-refractivity contribution in [1.29, 1.82) is 0 Å². The number of hydrogen-bond donors (Lipinski definition) is 3. The third-order valence-corrected chi connectivity index (χ3v) is 3.75. The number of aliphatic hydroxyl groups is 2. The normalized spacial score (nSPS) is 17.8. The van der Waals surface area contributed by atoms with E-state index in [0.29, 0.717) is 6.54 Å². The largest absolute Gasteiger partial charge is 0.488 e. The Balaban J connectivity index is 1.63. The third kappa shape index (κ3) is 4.44. The summed E-state index contributed by atoms with van der Waals surface area (Å²) in [6, 6.07) is 6.15. The summed E-state index contributed by atoms with van der Waals surface area (Å²) in [4.78, 5) is 0. The number of hydrogen-bond acceptors (Lipinski definition) is 4. The van der Waals surface area contributed by atoms with Gasteiger partial charge < -0.3 is 20.3 Å². The summed E-state index contributed by atoms with van der Waals surface area (Å²) >= 11 is 0. The molecule has 0 aliphatic heterocycles. The van der Waals surface area contributed by atoms with Crippen molar-refractivity contribution in [3.63, 3.8) is 0 Å². The van der Waals surface area contributed by atoms with Crippen molar-refractivity contribution in [2.24, 2.45) is 5.41 Å². The number of para-hydroxylation sites is 1. The van der Waals surface area contributed by atoms with Crippen LogP contribution in [0.2, 0.25) is 0 Å². The monoisotopic (exact) mass is 283 g/mol. The van der Waals surface area contributed by atoms with Gasteiger partial charge in [-0.25, -0.2) is 4.39 Å². The summed E-state index contributed by atoms with van der Waals surface area (Å²) in [7, 11) is 0. The molecule has 0 spiro atoms. The van der Waals surface area contributed by atoms with Crippen LogP contribution in [0.3, 0.4) is 0 Å². The molecule has 1 atom stereocenters. The number of rotatable bonds is 9. The van der Waals surface area contributed by atoms with Gasteiger partial charge in [0.25, 0.3) is 0 Å². The third-order valence-electron chi connectivity index (χ3n) is 3.75. The number of benzene rings is 1. The van der Waals surface area contributed by atoms with E-state index >= 15 is 0 Å². The molecular weight excluding hydrogens is 261 g/mol. The quantitative estimate of drug-likeness (QED) is 0.639. The molecule has 2 rings (SSSR count). The molecule has 20 heavy (non-hydrogen) atoms. The SMILES string of the molecule is OCCC1(CNCC(O)COc2ccccc2F)CC1. The number of nitrogens with one attached hydrogen (secondary N) is 1. The number of ether oxygens (including phenoxy) is 1. The molecule has 4 nitrogen and oxygen atoms in total. The van der Waals surface area contributed by atoms with E-state index in [2.05, 4.69) is 5.32 Å². The fourth-order valence-electron chi connectivity index (χ4n) is 2.24. The lowest BCUT2D eigenvalue weighted by Gasteiger charge is -2.17. The van der Waals surface area contributed by atoms with Gasteiger partial charge in [-0.3, -0.25) is 0 Å². The van der Waals surface area contributed by atoms with Crippen LogP contribution in [-0.4, -0.2) is 42.6 Å². The second-order valence-electron chi connectivity index (χ2n) is 5.50. The van der Waals surface area contributed by atoms with Crippen molar-refractivity contribution in [3.8, 4) is 5.75 Å². The molecule has 1 aliphatic carbocycles. The summed E-state index contributed by atoms with van der Waals surface area (Å²) in [5.41, 5.74) is 0.223. The first kappa shape index (κ1) is 15.2. The van der Waals surface area contributed by atoms with Gasteiger partial charge in [0.15, 0.2) is 11.6 Å². The van der Waals surface area contributed by atoms with Crippen LogP contribution in [0.15, 0.2) is 24.3 Å². The average molecular weight is 283 g/mol. The molecule has 0 saturated heterocycles. The maximum atomic E-state index is 13.3. The van der Waals surface area contributed by atoms with Crippen LogP contribution >= 0.6 is 0 Å². The van der Waals surface area contributed by atoms with Gasteiger partial charge in [-0.05, 0) is 36.8 Å². The lowest BCUT2D eigenvalue weighted by Crippen LogP contribution is -2.35. The van der Waals surface area contributed by atoms with Crippen molar-refractivity contribution >= 4 is 0 Å². The second-order valence-corrected chi connectivity index (χ2v) is 5.50. The van der Waals surface area contributed by atoms with Gasteiger partial charge in [0.05, 0.1) is 0 Å². The molecule has 0 amide bonds. The van der Waals surface area contributed by atoms with Crippen LogP contribution in [0.25, 0.3) is 0 Å². The zero-order chi connectivity index (χ0) is 14.4. The Hall–Kier alpha value is -1.17. The Morgan fingerprint density at radius 1 is 1.35 bits per heavy atom. The number of halogens is 1. The number of aliphatic hydroxyl groups excluding tert-OH is 2. The molecule has 112 valence electrons. The lowest BCUT2D eigenvalue weighted by atomic mass is 10.0. The Morgan fingerprint density at radius 3 is 2.75 bits per heavy atom. The highest BCUT2D eigenvalue weighted by Gasteiger charge is 2.41. The molecule has 0 radical (unpaired) electrons. The zero-order valence-electron chi connectivity index (χ0n) is 11.5. The van der Waals surface area contributed by atoms with Crippen LogP contribution in [0.4, 0.5) is 4.39 Å². The summed E-state index contributed by atoms with van der Waals surface area (Å²) < 4.78 is 18.5. The minimum absolute atomic E-state index is 0.0565. The summed E-state index contributed by atoms with van der Waals surface area (Å²) in [5.74, 6) is -0.266. The molecule has 5 heteroatoms. The fraction of sp³-hybridized carbons (Fsp3) is 0.600. The van der Waals surface area contributed by atoms with E-state index in [9.17, 15) is 9.50 Å². The van der Waals surface area contributed by atoms with Crippen LogP contribution in [0.5, 0.6) is 5.75 Å². The Bertz CT molecular complexity index is 423. The summed E-state index contributed by atoms with van der Waals surface area (Å²) in [6.07, 6.45) is 2.38. The van der Waals surface area contributed by atoms with Crippen LogP contribution < -0.4 is 10.1 Å². The van der Waals surface area contributed by atoms with E-state index in [-0.39, 0.29) is 24.4 Å². The molecule has 0 bridgehead atoms. The smallest absolute Gasteiger partial charge is 0.165 e. The molecule has 3 N–H and O–H groups in total. The molecule has 1 unspecified atom stereocenters. The van der Waals surface area contributed by atoms with Crippen molar-refractivity contribution < 1.29 is 19.3 Å². The van der Waals surface area contributed by atoms with Crippen molar-refractivity contribution in [1.82, 2.24) is 5.32 Å². The highest BCUT2D eigenvalue weighted by molar-refractivity contribution is 5.23. The fourth-order valence-corrected chi connectivity index (χ4v) is 2.24. The van der Waals surface area contributed by atoms with Crippen LogP contribution in [0.1, 0.15) is 19.3 Å². The summed E-state index contributed by atoms with van der Waals surface area (Å²) in [6.45, 7) is 1.47. The second kappa shape index (κ2) is 7.02. The van der Waals surface area contributed by atoms with Gasteiger partial charge in [-0.1, -0.05) is 12.1 Å².